The molecule has 4 bridgehead atoms. The lowest BCUT2D eigenvalue weighted by Gasteiger charge is -2.58. The van der Waals surface area contributed by atoms with E-state index in [0.717, 1.165) is 31.4 Å². The smallest absolute Gasteiger partial charge is 0.369 e. The van der Waals surface area contributed by atoms with Crippen LogP contribution in [0.3, 0.4) is 0 Å². The maximum Gasteiger partial charge on any atom is 0.417 e. The van der Waals surface area contributed by atoms with Crippen LogP contribution in [0.15, 0.2) is 47.4 Å². The van der Waals surface area contributed by atoms with Gasteiger partial charge in [-0.25, -0.2) is 8.42 Å². The zero-order chi connectivity index (χ0) is 26.8. The fourth-order valence-electron chi connectivity index (χ4n) is 6.63. The number of alkyl halides is 3. The summed E-state index contributed by atoms with van der Waals surface area (Å²) in [5.41, 5.74) is 4.41. The van der Waals surface area contributed by atoms with Crippen molar-refractivity contribution in [1.82, 2.24) is 5.32 Å². The Morgan fingerprint density at radius 1 is 1.03 bits per heavy atom. The summed E-state index contributed by atoms with van der Waals surface area (Å²) in [7, 11) is -4.27. The number of hydrogen-bond donors (Lipinski definition) is 3. The molecule has 2 aromatic carbocycles. The normalized spacial score (nSPS) is 28.6. The highest BCUT2D eigenvalue weighted by atomic mass is 35.5. The van der Waals surface area contributed by atoms with Crippen molar-refractivity contribution in [2.45, 2.75) is 49.2 Å². The van der Waals surface area contributed by atoms with Gasteiger partial charge in [-0.1, -0.05) is 17.7 Å². The lowest BCUT2D eigenvalue weighted by Crippen LogP contribution is -2.62. The van der Waals surface area contributed by atoms with Crippen LogP contribution in [0, 0.1) is 23.2 Å². The van der Waals surface area contributed by atoms with Crippen molar-refractivity contribution < 1.29 is 31.2 Å². The number of carbonyl (C=O) groups is 2. The predicted molar refractivity (Wildman–Crippen MR) is 130 cm³/mol. The summed E-state index contributed by atoms with van der Waals surface area (Å²) < 4.78 is 66.7. The van der Waals surface area contributed by atoms with Crippen LogP contribution >= 0.6 is 11.6 Å². The van der Waals surface area contributed by atoms with E-state index in [-0.39, 0.29) is 40.9 Å². The molecule has 4 saturated carbocycles. The van der Waals surface area contributed by atoms with Gasteiger partial charge >= 0.3 is 6.18 Å². The summed E-state index contributed by atoms with van der Waals surface area (Å²) in [6, 6.07) is 7.90. The van der Waals surface area contributed by atoms with Crippen LogP contribution in [0.2, 0.25) is 5.02 Å². The maximum absolute atomic E-state index is 13.1. The van der Waals surface area contributed by atoms with E-state index in [1.807, 2.05) is 0 Å². The molecule has 2 atom stereocenters. The summed E-state index contributed by atoms with van der Waals surface area (Å²) in [5, 5.41) is 2.35. The molecule has 4 aliphatic rings. The second kappa shape index (κ2) is 8.90. The Morgan fingerprint density at radius 3 is 2.30 bits per heavy atom. The van der Waals surface area contributed by atoms with Gasteiger partial charge in [0.15, 0.2) is 0 Å². The first-order chi connectivity index (χ1) is 17.3. The summed E-state index contributed by atoms with van der Waals surface area (Å²) in [5.74, 6) is 0.132. The Morgan fingerprint density at radius 2 is 1.70 bits per heavy atom. The second-order valence-corrected chi connectivity index (χ2v) is 12.5. The molecule has 2 unspecified atom stereocenters. The van der Waals surface area contributed by atoms with Gasteiger partial charge in [-0.15, -0.1) is 0 Å². The molecule has 0 aromatic heterocycles. The van der Waals surface area contributed by atoms with E-state index in [0.29, 0.717) is 24.8 Å². The minimum Gasteiger partial charge on any atom is -0.369 e. The zero-order valence-electron chi connectivity index (χ0n) is 19.5. The summed E-state index contributed by atoms with van der Waals surface area (Å²) in [6.45, 7) is 0. The number of halogens is 4. The van der Waals surface area contributed by atoms with Crippen molar-refractivity contribution in [3.63, 3.8) is 0 Å². The van der Waals surface area contributed by atoms with Gasteiger partial charge in [0.1, 0.15) is 0 Å². The third-order valence-corrected chi connectivity index (χ3v) is 9.72. The molecule has 4 aliphatic carbocycles. The highest BCUT2D eigenvalue weighted by Crippen LogP contribution is 2.60. The molecule has 198 valence electrons. The molecular weight excluding hydrogens is 531 g/mol. The summed E-state index contributed by atoms with van der Waals surface area (Å²) in [6.07, 6.45) is -0.696. The number of primary amides is 1. The van der Waals surface area contributed by atoms with Crippen LogP contribution in [0.25, 0.3) is 0 Å². The third kappa shape index (κ3) is 4.79. The molecular formula is C25H25ClF3N3O4S. The fourth-order valence-corrected chi connectivity index (χ4v) is 8.06. The molecule has 12 heteroatoms. The number of nitrogens with two attached hydrogens (primary N) is 1. The van der Waals surface area contributed by atoms with Crippen molar-refractivity contribution in [2.24, 2.45) is 28.9 Å². The van der Waals surface area contributed by atoms with Gasteiger partial charge < -0.3 is 11.1 Å². The van der Waals surface area contributed by atoms with Crippen LogP contribution in [0.1, 0.15) is 48.0 Å². The van der Waals surface area contributed by atoms with E-state index in [1.165, 1.54) is 18.2 Å². The van der Waals surface area contributed by atoms with Crippen LogP contribution in [-0.4, -0.2) is 26.3 Å². The molecule has 0 saturated heterocycles. The number of sulfonamides is 1. The molecule has 6 rings (SSSR count). The minimum atomic E-state index is -4.72. The molecule has 0 heterocycles. The highest BCUT2D eigenvalue weighted by molar-refractivity contribution is 7.92. The quantitative estimate of drug-likeness (QED) is 0.484. The first kappa shape index (κ1) is 25.8. The summed E-state index contributed by atoms with van der Waals surface area (Å²) >= 11 is 5.67. The maximum atomic E-state index is 13.1. The Bertz CT molecular complexity index is 1370. The fraction of sp³-hybridized carbons (Fsp3) is 0.440. The van der Waals surface area contributed by atoms with Crippen molar-refractivity contribution in [3.8, 4) is 0 Å². The Kier molecular flexibility index (Phi) is 6.22. The lowest BCUT2D eigenvalue weighted by atomic mass is 9.47. The monoisotopic (exact) mass is 555 g/mol. The van der Waals surface area contributed by atoms with Crippen molar-refractivity contribution in [2.75, 3.05) is 4.72 Å². The molecule has 2 amide bonds. The van der Waals surface area contributed by atoms with E-state index >= 15 is 0 Å². The number of anilines is 1. The molecule has 0 radical (unpaired) electrons. The third-order valence-electron chi connectivity index (χ3n) is 8.03. The Balaban J connectivity index is 1.30. The number of nitrogens with one attached hydrogen (secondary N) is 2. The van der Waals surface area contributed by atoms with E-state index < -0.39 is 37.1 Å². The lowest BCUT2D eigenvalue weighted by molar-refractivity contribution is -0.145. The molecule has 0 aliphatic heterocycles. The standard InChI is InChI=1S/C25H25ClF3N3O4S/c26-20-9-18(4-5-19(20)25(27,28)29)37(35,36)32-17-3-1-2-14(8-17)22(33)31-21-15-6-13-7-16(21)12-24(10-13,11-15)23(30)34/h1-5,8-9,13,15-16,21,32H,6-7,10-12H2,(H2,30,34)(H,31,33). The van der Waals surface area contributed by atoms with Crippen molar-refractivity contribution in [1.29, 1.82) is 0 Å². The van der Waals surface area contributed by atoms with E-state index in [1.54, 1.807) is 6.07 Å². The molecule has 4 fully saturated rings. The Labute approximate surface area is 217 Å². The van der Waals surface area contributed by atoms with E-state index in [2.05, 4.69) is 10.0 Å². The van der Waals surface area contributed by atoms with Crippen molar-refractivity contribution >= 4 is 39.1 Å². The van der Waals surface area contributed by atoms with Crippen LogP contribution in [0.4, 0.5) is 18.9 Å². The highest BCUT2D eigenvalue weighted by Gasteiger charge is 2.58. The van der Waals surface area contributed by atoms with Crippen LogP contribution in [0.5, 0.6) is 0 Å². The molecule has 4 N–H and O–H groups in total. The minimum absolute atomic E-state index is 0.0708. The average molecular weight is 556 g/mol. The van der Waals surface area contributed by atoms with Gasteiger partial charge in [0.2, 0.25) is 5.91 Å². The Hall–Kier alpha value is -2.79. The number of rotatable bonds is 6. The zero-order valence-corrected chi connectivity index (χ0v) is 21.1. The van der Waals surface area contributed by atoms with Crippen LogP contribution in [-0.2, 0) is 21.0 Å². The van der Waals surface area contributed by atoms with Crippen LogP contribution < -0.4 is 15.8 Å². The molecule has 0 spiro atoms. The van der Waals surface area contributed by atoms with E-state index in [9.17, 15) is 31.2 Å². The van der Waals surface area contributed by atoms with Gasteiger partial charge in [-0.2, -0.15) is 13.2 Å². The second-order valence-electron chi connectivity index (χ2n) is 10.4. The van der Waals surface area contributed by atoms with Crippen molar-refractivity contribution in [3.05, 3.63) is 58.6 Å². The molecule has 2 aromatic rings. The van der Waals surface area contributed by atoms with Gasteiger partial charge in [0.05, 0.1) is 15.5 Å². The van der Waals surface area contributed by atoms with Gasteiger partial charge in [0.25, 0.3) is 15.9 Å². The predicted octanol–water partition coefficient (Wildman–Crippen LogP) is 4.57. The summed E-state index contributed by atoms with van der Waals surface area (Å²) in [4.78, 5) is 24.8. The van der Waals surface area contributed by atoms with E-state index in [4.69, 9.17) is 17.3 Å². The number of benzene rings is 2. The van der Waals surface area contributed by atoms with Gasteiger partial charge in [-0.05, 0) is 86.3 Å². The average Bonchev–Trinajstić information content (AvgIpc) is 2.79. The van der Waals surface area contributed by atoms with Gasteiger partial charge in [-0.3, -0.25) is 14.3 Å². The largest absolute Gasteiger partial charge is 0.417 e. The molecule has 37 heavy (non-hydrogen) atoms. The topological polar surface area (TPSA) is 118 Å². The number of amides is 2. The van der Waals surface area contributed by atoms with Gasteiger partial charge in [0, 0.05) is 22.7 Å². The number of carbonyl (C=O) groups excluding carboxylic acids is 2. The first-order valence-corrected chi connectivity index (χ1v) is 13.7. The first-order valence-electron chi connectivity index (χ1n) is 11.9. The number of hydrogen-bond acceptors (Lipinski definition) is 4. The molecule has 7 nitrogen and oxygen atoms in total. The SMILES string of the molecule is NC(=O)C12CC3CC(C1)C(NC(=O)c1cccc(NS(=O)(=O)c4ccc(C(F)(F)F)c(Cl)c4)c1)C(C3)C2.